The number of carboxylic acid groups (broad SMARTS) is 1. The Labute approximate surface area is 242 Å². The van der Waals surface area contributed by atoms with E-state index in [1.807, 2.05) is 30.3 Å². The van der Waals surface area contributed by atoms with Gasteiger partial charge in [0.1, 0.15) is 12.1 Å². The summed E-state index contributed by atoms with van der Waals surface area (Å²) in [5, 5.41) is 19.2. The van der Waals surface area contributed by atoms with Crippen LogP contribution >= 0.6 is 12.6 Å². The molecule has 0 bridgehead atoms. The number of aliphatic imine (C=N–C) groups is 1. The minimum atomic E-state index is -1.52. The van der Waals surface area contributed by atoms with Crippen LogP contribution in [0.15, 0.2) is 35.3 Å². The van der Waals surface area contributed by atoms with Gasteiger partial charge in [-0.05, 0) is 31.2 Å². The lowest BCUT2D eigenvalue weighted by atomic mass is 9.95. The maximum atomic E-state index is 13.2. The van der Waals surface area contributed by atoms with Crippen molar-refractivity contribution in [2.24, 2.45) is 22.4 Å². The Bertz CT molecular complexity index is 1130. The number of carboxylic acids is 1. The summed E-state index contributed by atoms with van der Waals surface area (Å²) in [6.07, 6.45) is -0.0380. The van der Waals surface area contributed by atoms with Crippen LogP contribution < -0.4 is 32.7 Å². The molecule has 1 aliphatic rings. The molecule has 4 atom stereocenters. The van der Waals surface area contributed by atoms with Crippen LogP contribution in [0.1, 0.15) is 37.7 Å². The van der Waals surface area contributed by atoms with Gasteiger partial charge in [-0.3, -0.25) is 33.8 Å². The smallest absolute Gasteiger partial charge is 0.305 e. The van der Waals surface area contributed by atoms with Crippen LogP contribution in [0.5, 0.6) is 0 Å². The lowest BCUT2D eigenvalue weighted by molar-refractivity contribution is -0.141. The van der Waals surface area contributed by atoms with Crippen LogP contribution in [0.4, 0.5) is 0 Å². The summed E-state index contributed by atoms with van der Waals surface area (Å²) in [5.41, 5.74) is 11.5. The molecule has 1 aliphatic heterocycles. The third-order valence-corrected chi connectivity index (χ3v) is 6.78. The van der Waals surface area contributed by atoms with Gasteiger partial charge < -0.3 is 37.8 Å². The number of rotatable bonds is 10. The number of guanidine groups is 1. The number of carbonyl (C=O) groups is 6. The normalized spacial score (nSPS) is 22.7. The predicted octanol–water partition coefficient (Wildman–Crippen LogP) is -1.76. The van der Waals surface area contributed by atoms with Crippen molar-refractivity contribution in [2.45, 2.75) is 56.7 Å². The monoisotopic (exact) mass is 591 g/mol. The highest BCUT2D eigenvalue weighted by Gasteiger charge is 2.32. The second-order valence-electron chi connectivity index (χ2n) is 9.58. The average Bonchev–Trinajstić information content (AvgIpc) is 2.93. The van der Waals surface area contributed by atoms with Gasteiger partial charge in [-0.25, -0.2) is 0 Å². The molecule has 14 nitrogen and oxygen atoms in total. The van der Waals surface area contributed by atoms with E-state index in [0.29, 0.717) is 12.8 Å². The van der Waals surface area contributed by atoms with E-state index in [-0.39, 0.29) is 37.5 Å². The summed E-state index contributed by atoms with van der Waals surface area (Å²) < 4.78 is 0. The molecule has 1 heterocycles. The Morgan fingerprint density at radius 2 is 1.61 bits per heavy atom. The zero-order valence-corrected chi connectivity index (χ0v) is 23.4. The number of nitrogens with zero attached hydrogens (tertiary/aromatic N) is 1. The summed E-state index contributed by atoms with van der Waals surface area (Å²) in [6.45, 7) is -0.379. The predicted molar refractivity (Wildman–Crippen MR) is 153 cm³/mol. The molecule has 224 valence electrons. The van der Waals surface area contributed by atoms with Crippen molar-refractivity contribution in [3.05, 3.63) is 35.9 Å². The Morgan fingerprint density at radius 3 is 2.24 bits per heavy atom. The van der Waals surface area contributed by atoms with Crippen molar-refractivity contribution in [3.63, 3.8) is 0 Å². The highest BCUT2D eigenvalue weighted by atomic mass is 32.1. The molecule has 1 aromatic rings. The fourth-order valence-electron chi connectivity index (χ4n) is 4.15. The molecule has 4 amide bonds. The van der Waals surface area contributed by atoms with Gasteiger partial charge in [-0.2, -0.15) is 12.6 Å². The van der Waals surface area contributed by atoms with Crippen LogP contribution in [-0.4, -0.2) is 83.4 Å². The first kappa shape index (κ1) is 33.1. The molecule has 9 N–H and O–H groups in total. The number of ketones is 1. The molecular weight excluding hydrogens is 554 g/mol. The van der Waals surface area contributed by atoms with Crippen LogP contribution in [0, 0.1) is 5.92 Å². The molecule has 0 radical (unpaired) electrons. The summed E-state index contributed by atoms with van der Waals surface area (Å²) in [6, 6.07) is 5.49. The van der Waals surface area contributed by atoms with Crippen molar-refractivity contribution >= 4 is 54.0 Å². The maximum absolute atomic E-state index is 13.2. The second kappa shape index (κ2) is 16.8. The summed E-state index contributed by atoms with van der Waals surface area (Å²) in [5.74, 6) is -5.94. The minimum absolute atomic E-state index is 0.0268. The molecule has 1 unspecified atom stereocenters. The van der Waals surface area contributed by atoms with Crippen molar-refractivity contribution in [3.8, 4) is 0 Å². The van der Waals surface area contributed by atoms with Gasteiger partial charge in [0.2, 0.25) is 23.6 Å². The van der Waals surface area contributed by atoms with Crippen molar-refractivity contribution in [1.82, 2.24) is 21.3 Å². The number of aryl methyl sites for hydroxylation is 1. The summed E-state index contributed by atoms with van der Waals surface area (Å²) in [7, 11) is 0. The Hall–Kier alpha value is -4.14. The quantitative estimate of drug-likeness (QED) is 0.0665. The van der Waals surface area contributed by atoms with Gasteiger partial charge in [0, 0.05) is 18.7 Å². The highest BCUT2D eigenvalue weighted by molar-refractivity contribution is 7.80. The fourth-order valence-corrected chi connectivity index (χ4v) is 4.44. The van der Waals surface area contributed by atoms with Crippen molar-refractivity contribution < 1.29 is 33.9 Å². The van der Waals surface area contributed by atoms with E-state index in [0.717, 1.165) is 5.56 Å². The number of hydrogen-bond acceptors (Lipinski definition) is 8. The van der Waals surface area contributed by atoms with E-state index in [1.165, 1.54) is 0 Å². The highest BCUT2D eigenvalue weighted by Crippen LogP contribution is 2.14. The number of aliphatic carboxylic acids is 1. The van der Waals surface area contributed by atoms with E-state index in [2.05, 4.69) is 38.9 Å². The van der Waals surface area contributed by atoms with Gasteiger partial charge in [0.05, 0.1) is 24.9 Å². The first-order valence-corrected chi connectivity index (χ1v) is 13.8. The number of hydrogen-bond donors (Lipinski definition) is 8. The standard InChI is InChI=1S/C26H37N7O7S/c27-26(28)29-10-4-7-17-20(34)11-16(14-41)23(38)32-18(9-8-15-5-2-1-3-6-15)25(40)33-19(12-22(36)37)24(39)30-13-21(35)31-17/h1-3,5-6,16-19,41H,4,7-14H2,(H,30,39)(H,31,35)(H,32,38)(H,33,40)(H,36,37)(H4,27,28,29)/t16-,17?,18-,19-/m1/s1. The molecule has 15 heteroatoms. The van der Waals surface area contributed by atoms with Crippen LogP contribution in [0.3, 0.4) is 0 Å². The second-order valence-corrected chi connectivity index (χ2v) is 9.95. The zero-order valence-electron chi connectivity index (χ0n) is 22.5. The Morgan fingerprint density at radius 1 is 0.927 bits per heavy atom. The fraction of sp³-hybridized carbons (Fsp3) is 0.500. The van der Waals surface area contributed by atoms with Gasteiger partial charge in [0.15, 0.2) is 11.7 Å². The molecule has 1 aromatic carbocycles. The van der Waals surface area contributed by atoms with Gasteiger partial charge in [-0.15, -0.1) is 0 Å². The molecule has 0 saturated carbocycles. The molecule has 2 rings (SSSR count). The van der Waals surface area contributed by atoms with Crippen LogP contribution in [-0.2, 0) is 35.2 Å². The van der Waals surface area contributed by atoms with Crippen LogP contribution in [0.25, 0.3) is 0 Å². The molecular formula is C26H37N7O7S. The average molecular weight is 592 g/mol. The van der Waals surface area contributed by atoms with E-state index < -0.39 is 72.4 Å². The molecule has 0 aromatic heterocycles. The van der Waals surface area contributed by atoms with E-state index >= 15 is 0 Å². The Kier molecular flexibility index (Phi) is 13.6. The van der Waals surface area contributed by atoms with Crippen molar-refractivity contribution in [2.75, 3.05) is 18.8 Å². The van der Waals surface area contributed by atoms with Gasteiger partial charge in [-0.1, -0.05) is 30.3 Å². The minimum Gasteiger partial charge on any atom is -0.481 e. The SMILES string of the molecule is NC(N)=NCCCC1NC(=O)CNC(=O)[C@@H](CC(=O)O)NC(=O)[C@@H](CCc2ccccc2)NC(=O)[C@@H](CS)CC1=O. The topological polar surface area (TPSA) is 235 Å². The van der Waals surface area contributed by atoms with E-state index in [9.17, 15) is 33.9 Å². The largest absolute Gasteiger partial charge is 0.481 e. The Balaban J connectivity index is 2.34. The molecule has 1 saturated heterocycles. The molecule has 0 spiro atoms. The van der Waals surface area contributed by atoms with Crippen molar-refractivity contribution in [1.29, 1.82) is 0 Å². The number of benzene rings is 1. The lowest BCUT2D eigenvalue weighted by Gasteiger charge is -2.24. The zero-order chi connectivity index (χ0) is 30.4. The number of Topliss-reactive ketones (excluding diaryl/α,β-unsaturated/α-hetero) is 1. The number of thiol groups is 1. The first-order valence-electron chi connectivity index (χ1n) is 13.1. The number of nitrogens with two attached hydrogens (primary N) is 2. The number of nitrogens with one attached hydrogen (secondary N) is 4. The summed E-state index contributed by atoms with van der Waals surface area (Å²) >= 11 is 4.23. The van der Waals surface area contributed by atoms with E-state index in [1.54, 1.807) is 0 Å². The first-order chi connectivity index (χ1) is 19.5. The molecule has 0 aliphatic carbocycles. The van der Waals surface area contributed by atoms with Gasteiger partial charge >= 0.3 is 5.97 Å². The molecule has 1 fully saturated rings. The van der Waals surface area contributed by atoms with E-state index in [4.69, 9.17) is 11.5 Å². The van der Waals surface area contributed by atoms with Gasteiger partial charge in [0.25, 0.3) is 0 Å². The number of amides is 4. The number of carbonyl (C=O) groups excluding carboxylic acids is 5. The molecule has 41 heavy (non-hydrogen) atoms. The third-order valence-electron chi connectivity index (χ3n) is 6.34. The lowest BCUT2D eigenvalue weighted by Crippen LogP contribution is -2.55. The van der Waals surface area contributed by atoms with Crippen LogP contribution in [0.2, 0.25) is 0 Å². The maximum Gasteiger partial charge on any atom is 0.305 e. The summed E-state index contributed by atoms with van der Waals surface area (Å²) in [4.78, 5) is 80.3. The third kappa shape index (κ3) is 11.9.